The van der Waals surface area contributed by atoms with Crippen LogP contribution in [0.2, 0.25) is 0 Å². The van der Waals surface area contributed by atoms with Gasteiger partial charge in [0.15, 0.2) is 6.10 Å². The molecule has 8 heteroatoms. The van der Waals surface area contributed by atoms with Crippen LogP contribution in [0.3, 0.4) is 0 Å². The first-order chi connectivity index (χ1) is 16.0. The Balaban J connectivity index is 3.81. The van der Waals surface area contributed by atoms with Crippen molar-refractivity contribution < 1.29 is 28.6 Å². The maximum Gasteiger partial charge on any atom is 0.316 e. The number of carbonyl (C=O) groups excluding carboxylic acids is 3. The molecule has 0 saturated carbocycles. The third-order valence-corrected chi connectivity index (χ3v) is 6.27. The Hall–Kier alpha value is -1.15. The van der Waals surface area contributed by atoms with Crippen molar-refractivity contribution in [3.05, 3.63) is 12.2 Å². The maximum atomic E-state index is 12.0. The highest BCUT2D eigenvalue weighted by Crippen LogP contribution is 2.10. The first kappa shape index (κ1) is 31.9. The predicted molar refractivity (Wildman–Crippen MR) is 139 cm³/mol. The Morgan fingerprint density at radius 1 is 0.758 bits per heavy atom. The number of rotatable bonds is 22. The molecule has 6 nitrogen and oxygen atoms in total. The molecule has 0 aliphatic rings. The van der Waals surface area contributed by atoms with E-state index in [0.29, 0.717) is 0 Å². The zero-order valence-electron chi connectivity index (χ0n) is 20.8. The third kappa shape index (κ3) is 22.4. The molecule has 0 saturated heterocycles. The van der Waals surface area contributed by atoms with E-state index < -0.39 is 12.1 Å². The SMILES string of the molecule is CCCCCCCC=CCCCCCSCC(=O)OCC(COC(=O)CC)OC(=O)CSC. The van der Waals surface area contributed by atoms with Crippen molar-refractivity contribution in [1.82, 2.24) is 0 Å². The Labute approximate surface area is 209 Å². The second kappa shape index (κ2) is 24.0. The van der Waals surface area contributed by atoms with Gasteiger partial charge in [0.25, 0.3) is 0 Å². The summed E-state index contributed by atoms with van der Waals surface area (Å²) in [6.07, 6.45) is 18.2. The molecule has 0 aliphatic carbocycles. The number of allylic oxidation sites excluding steroid dienone is 2. The Morgan fingerprint density at radius 2 is 1.36 bits per heavy atom. The number of esters is 3. The largest absolute Gasteiger partial charge is 0.462 e. The molecule has 0 aliphatic heterocycles. The van der Waals surface area contributed by atoms with Gasteiger partial charge in [-0.3, -0.25) is 14.4 Å². The van der Waals surface area contributed by atoms with Crippen molar-refractivity contribution >= 4 is 41.4 Å². The summed E-state index contributed by atoms with van der Waals surface area (Å²) in [7, 11) is 0. The fraction of sp³-hybridized carbons (Fsp3) is 0.800. The van der Waals surface area contributed by atoms with Crippen LogP contribution in [0.5, 0.6) is 0 Å². The summed E-state index contributed by atoms with van der Waals surface area (Å²) in [4.78, 5) is 35.0. The number of thioether (sulfide) groups is 2. The normalized spacial score (nSPS) is 12.0. The number of ether oxygens (including phenoxy) is 3. The average Bonchev–Trinajstić information content (AvgIpc) is 2.80. The minimum absolute atomic E-state index is 0.110. The highest BCUT2D eigenvalue weighted by atomic mass is 32.2. The Kier molecular flexibility index (Phi) is 23.2. The lowest BCUT2D eigenvalue weighted by Gasteiger charge is -2.17. The first-order valence-electron chi connectivity index (χ1n) is 12.3. The number of carbonyl (C=O) groups is 3. The van der Waals surface area contributed by atoms with Gasteiger partial charge in [-0.25, -0.2) is 0 Å². The molecule has 0 bridgehead atoms. The lowest BCUT2D eigenvalue weighted by Crippen LogP contribution is -2.31. The van der Waals surface area contributed by atoms with Crippen molar-refractivity contribution in [3.8, 4) is 0 Å². The third-order valence-electron chi connectivity index (χ3n) is 4.73. The number of unbranched alkanes of at least 4 members (excludes halogenated alkanes) is 8. The monoisotopic (exact) mass is 504 g/mol. The van der Waals surface area contributed by atoms with Crippen LogP contribution in [0.4, 0.5) is 0 Å². The number of hydrogen-bond acceptors (Lipinski definition) is 8. The molecule has 33 heavy (non-hydrogen) atoms. The van der Waals surface area contributed by atoms with Gasteiger partial charge in [0.05, 0.1) is 11.5 Å². The van der Waals surface area contributed by atoms with Gasteiger partial charge < -0.3 is 14.2 Å². The summed E-state index contributed by atoms with van der Waals surface area (Å²) < 4.78 is 15.5. The molecular formula is C25H44O6S2. The van der Waals surface area contributed by atoms with Crippen molar-refractivity contribution in [3.63, 3.8) is 0 Å². The summed E-state index contributed by atoms with van der Waals surface area (Å²) in [5.74, 6) is 0.202. The second-order valence-electron chi connectivity index (χ2n) is 7.84. The zero-order valence-corrected chi connectivity index (χ0v) is 22.4. The molecule has 192 valence electrons. The average molecular weight is 505 g/mol. The molecule has 0 fully saturated rings. The van der Waals surface area contributed by atoms with E-state index in [-0.39, 0.29) is 43.1 Å². The van der Waals surface area contributed by atoms with Gasteiger partial charge in [-0.05, 0) is 44.1 Å². The lowest BCUT2D eigenvalue weighted by atomic mass is 10.1. The van der Waals surface area contributed by atoms with E-state index in [9.17, 15) is 14.4 Å². The Bertz CT molecular complexity index is 539. The van der Waals surface area contributed by atoms with Crippen molar-refractivity contribution in [2.75, 3.05) is 36.7 Å². The van der Waals surface area contributed by atoms with Crippen LogP contribution in [0.1, 0.15) is 84.5 Å². The molecule has 0 radical (unpaired) electrons. The van der Waals surface area contributed by atoms with Gasteiger partial charge in [-0.2, -0.15) is 23.5 Å². The van der Waals surface area contributed by atoms with Gasteiger partial charge in [-0.1, -0.05) is 58.1 Å². The van der Waals surface area contributed by atoms with Crippen molar-refractivity contribution in [2.24, 2.45) is 0 Å². The fourth-order valence-corrected chi connectivity index (χ4v) is 3.98. The standard InChI is InChI=1S/C25H44O6S2/c1-4-6-7-8-9-10-11-12-13-14-15-16-17-33-21-24(27)30-19-22(18-29-23(26)5-2)31-25(28)20-32-3/h11-12,22H,4-10,13-21H2,1-3H3. The van der Waals surface area contributed by atoms with Crippen molar-refractivity contribution in [1.29, 1.82) is 0 Å². The van der Waals surface area contributed by atoms with Crippen molar-refractivity contribution in [2.45, 2.75) is 90.6 Å². The van der Waals surface area contributed by atoms with Crippen LogP contribution in [-0.4, -0.2) is 60.7 Å². The molecule has 0 spiro atoms. The molecule has 1 unspecified atom stereocenters. The van der Waals surface area contributed by atoms with E-state index in [2.05, 4.69) is 19.1 Å². The van der Waals surface area contributed by atoms with E-state index in [1.165, 1.54) is 56.7 Å². The summed E-state index contributed by atoms with van der Waals surface area (Å²) >= 11 is 2.88. The van der Waals surface area contributed by atoms with E-state index in [0.717, 1.165) is 25.0 Å². The first-order valence-corrected chi connectivity index (χ1v) is 14.8. The molecule has 0 N–H and O–H groups in total. The van der Waals surface area contributed by atoms with Crippen LogP contribution in [0.25, 0.3) is 0 Å². The van der Waals surface area contributed by atoms with Gasteiger partial charge in [0.2, 0.25) is 0 Å². The topological polar surface area (TPSA) is 78.9 Å². The van der Waals surface area contributed by atoms with E-state index in [1.807, 2.05) is 0 Å². The minimum Gasteiger partial charge on any atom is -0.462 e. The van der Waals surface area contributed by atoms with Crippen LogP contribution in [0, 0.1) is 0 Å². The molecule has 1 atom stereocenters. The molecule has 0 aromatic carbocycles. The van der Waals surface area contributed by atoms with Gasteiger partial charge in [0, 0.05) is 6.42 Å². The highest BCUT2D eigenvalue weighted by Gasteiger charge is 2.19. The molecule has 0 aromatic heterocycles. The van der Waals surface area contributed by atoms with E-state index >= 15 is 0 Å². The molecular weight excluding hydrogens is 460 g/mol. The summed E-state index contributed by atoms with van der Waals surface area (Å²) in [5, 5.41) is 0. The second-order valence-corrected chi connectivity index (χ2v) is 9.81. The molecule has 0 rings (SSSR count). The quantitative estimate of drug-likeness (QED) is 0.0772. The highest BCUT2D eigenvalue weighted by molar-refractivity contribution is 7.99. The van der Waals surface area contributed by atoms with Crippen LogP contribution in [-0.2, 0) is 28.6 Å². The van der Waals surface area contributed by atoms with Gasteiger partial charge >= 0.3 is 17.9 Å². The molecule has 0 aromatic rings. The zero-order chi connectivity index (χ0) is 24.6. The maximum absolute atomic E-state index is 12.0. The summed E-state index contributed by atoms with van der Waals surface area (Å²) in [6, 6.07) is 0. The predicted octanol–water partition coefficient (Wildman–Crippen LogP) is 5.97. The van der Waals surface area contributed by atoms with Gasteiger partial charge in [-0.15, -0.1) is 0 Å². The van der Waals surface area contributed by atoms with Crippen LogP contribution in [0.15, 0.2) is 12.2 Å². The summed E-state index contributed by atoms with van der Waals surface area (Å²) in [6.45, 7) is 3.70. The summed E-state index contributed by atoms with van der Waals surface area (Å²) in [5.41, 5.74) is 0. The molecule has 0 amide bonds. The fourth-order valence-electron chi connectivity index (χ4n) is 2.87. The number of hydrogen-bond donors (Lipinski definition) is 0. The van der Waals surface area contributed by atoms with E-state index in [1.54, 1.807) is 24.9 Å². The smallest absolute Gasteiger partial charge is 0.316 e. The van der Waals surface area contributed by atoms with Crippen LogP contribution >= 0.6 is 23.5 Å². The van der Waals surface area contributed by atoms with Crippen LogP contribution < -0.4 is 0 Å². The molecule has 0 heterocycles. The van der Waals surface area contributed by atoms with Gasteiger partial charge in [0.1, 0.15) is 13.2 Å². The lowest BCUT2D eigenvalue weighted by molar-refractivity contribution is -0.164. The minimum atomic E-state index is -0.779. The Morgan fingerprint density at radius 3 is 1.97 bits per heavy atom. The van der Waals surface area contributed by atoms with E-state index in [4.69, 9.17) is 14.2 Å².